The molecule has 3 N–H and O–H groups in total. The van der Waals surface area contributed by atoms with Crippen molar-refractivity contribution in [3.05, 3.63) is 41.2 Å². The van der Waals surface area contributed by atoms with Gasteiger partial charge >= 0.3 is 10.3 Å². The SMILES string of the molecule is Cc1ccc(Cc2cnc([Si](C)(C)C(C)(C)C)n2S(=O)(=O)O)cc1N. The molecule has 0 spiro atoms. The first-order valence-electron chi connectivity index (χ1n) is 8.15. The number of hydrogen-bond donors (Lipinski definition) is 2. The maximum absolute atomic E-state index is 12.1. The zero-order chi connectivity index (χ0) is 19.2. The van der Waals surface area contributed by atoms with Crippen molar-refractivity contribution in [2.75, 3.05) is 5.73 Å². The van der Waals surface area contributed by atoms with E-state index >= 15 is 0 Å². The lowest BCUT2D eigenvalue weighted by Gasteiger charge is -2.35. The van der Waals surface area contributed by atoms with E-state index in [0.717, 1.165) is 15.1 Å². The summed E-state index contributed by atoms with van der Waals surface area (Å²) in [4.78, 5) is 4.41. The molecule has 6 nitrogen and oxygen atoms in total. The topological polar surface area (TPSA) is 98.2 Å². The van der Waals surface area contributed by atoms with Crippen LogP contribution < -0.4 is 11.2 Å². The minimum absolute atomic E-state index is 0.119. The minimum Gasteiger partial charge on any atom is -0.399 e. The van der Waals surface area contributed by atoms with E-state index in [9.17, 15) is 13.0 Å². The molecule has 0 unspecified atom stereocenters. The maximum Gasteiger partial charge on any atom is 0.364 e. The molecular weight excluding hydrogens is 354 g/mol. The Balaban J connectivity index is 2.59. The molecule has 0 radical (unpaired) electrons. The van der Waals surface area contributed by atoms with Crippen molar-refractivity contribution in [3.8, 4) is 0 Å². The van der Waals surface area contributed by atoms with Gasteiger partial charge < -0.3 is 5.73 Å². The smallest absolute Gasteiger partial charge is 0.364 e. The van der Waals surface area contributed by atoms with Crippen LogP contribution in [-0.4, -0.2) is 30.0 Å². The summed E-state index contributed by atoms with van der Waals surface area (Å²) in [6.45, 7) is 12.3. The van der Waals surface area contributed by atoms with Gasteiger partial charge in [0.05, 0.1) is 5.69 Å². The van der Waals surface area contributed by atoms with Crippen LogP contribution in [0, 0.1) is 6.92 Å². The summed E-state index contributed by atoms with van der Waals surface area (Å²) in [5, 5.41) is -0.119. The molecule has 0 aliphatic carbocycles. The highest BCUT2D eigenvalue weighted by Gasteiger charge is 2.43. The summed E-state index contributed by atoms with van der Waals surface area (Å²) < 4.78 is 35.0. The molecule has 0 saturated heterocycles. The van der Waals surface area contributed by atoms with Crippen molar-refractivity contribution in [1.29, 1.82) is 0 Å². The van der Waals surface area contributed by atoms with Crippen molar-refractivity contribution >= 4 is 29.5 Å². The van der Waals surface area contributed by atoms with E-state index in [-0.39, 0.29) is 5.04 Å². The van der Waals surface area contributed by atoms with Gasteiger partial charge in [0, 0.05) is 18.3 Å². The first kappa shape index (κ1) is 19.7. The number of hydrogen-bond acceptors (Lipinski definition) is 4. The van der Waals surface area contributed by atoms with Crippen LogP contribution in [0.15, 0.2) is 24.4 Å². The maximum atomic E-state index is 12.1. The number of anilines is 1. The largest absolute Gasteiger partial charge is 0.399 e. The van der Waals surface area contributed by atoms with Gasteiger partial charge in [-0.15, -0.1) is 0 Å². The van der Waals surface area contributed by atoms with Crippen molar-refractivity contribution in [1.82, 2.24) is 8.96 Å². The Hall–Kier alpha value is -1.64. The van der Waals surface area contributed by atoms with Crippen LogP contribution in [0.4, 0.5) is 5.69 Å². The van der Waals surface area contributed by atoms with Crippen molar-refractivity contribution in [2.45, 2.75) is 52.2 Å². The summed E-state index contributed by atoms with van der Waals surface area (Å²) in [7, 11) is -6.71. The second-order valence-corrected chi connectivity index (χ2v) is 14.5. The molecule has 0 aliphatic rings. The van der Waals surface area contributed by atoms with E-state index in [1.54, 1.807) is 6.20 Å². The van der Waals surface area contributed by atoms with Crippen LogP contribution >= 0.6 is 0 Å². The Morgan fingerprint density at radius 1 is 1.28 bits per heavy atom. The van der Waals surface area contributed by atoms with Crippen LogP contribution in [0.2, 0.25) is 18.1 Å². The van der Waals surface area contributed by atoms with Gasteiger partial charge in [-0.3, -0.25) is 4.55 Å². The lowest BCUT2D eigenvalue weighted by atomic mass is 10.1. The third-order valence-corrected chi connectivity index (χ3v) is 11.4. The molecule has 2 aromatic rings. The third-order valence-electron chi connectivity index (χ3n) is 5.18. The quantitative estimate of drug-likeness (QED) is 0.482. The first-order valence-corrected chi connectivity index (χ1v) is 12.5. The van der Waals surface area contributed by atoms with Gasteiger partial charge in [0.15, 0.2) is 0 Å². The number of nitrogens with two attached hydrogens (primary N) is 1. The molecule has 1 aromatic carbocycles. The number of nitrogens with zero attached hydrogens (tertiary/aromatic N) is 2. The fourth-order valence-electron chi connectivity index (χ4n) is 2.51. The predicted molar refractivity (Wildman–Crippen MR) is 104 cm³/mol. The minimum atomic E-state index is -4.44. The predicted octanol–water partition coefficient (Wildman–Crippen LogP) is 2.73. The van der Waals surface area contributed by atoms with Crippen LogP contribution in [0.3, 0.4) is 0 Å². The molecule has 0 bridgehead atoms. The lowest BCUT2D eigenvalue weighted by Crippen LogP contribution is -2.55. The van der Waals surface area contributed by atoms with E-state index < -0.39 is 18.4 Å². The van der Waals surface area contributed by atoms with Crippen LogP contribution in [-0.2, 0) is 16.7 Å². The molecule has 1 heterocycles. The van der Waals surface area contributed by atoms with E-state index in [4.69, 9.17) is 5.73 Å². The standard InChI is InChI=1S/C17H27N3O3SSi/c1-12-7-8-13(10-15(12)18)9-14-11-19-16(20(14)24(21,22)23)25(5,6)17(2,3)4/h7-8,10-11H,9,18H2,1-6H3,(H,21,22,23). The Labute approximate surface area is 151 Å². The molecule has 0 saturated carbocycles. The third kappa shape index (κ3) is 3.80. The number of aromatic nitrogens is 2. The van der Waals surface area contributed by atoms with E-state index in [0.29, 0.717) is 23.2 Å². The van der Waals surface area contributed by atoms with Gasteiger partial charge in [-0.25, -0.2) is 8.96 Å². The van der Waals surface area contributed by atoms with Gasteiger partial charge in [-0.2, -0.15) is 8.42 Å². The van der Waals surface area contributed by atoms with E-state index in [2.05, 4.69) is 38.8 Å². The number of imidazole rings is 1. The molecule has 25 heavy (non-hydrogen) atoms. The highest BCUT2D eigenvalue weighted by Crippen LogP contribution is 2.35. The van der Waals surface area contributed by atoms with Crippen molar-refractivity contribution in [2.24, 2.45) is 0 Å². The summed E-state index contributed by atoms with van der Waals surface area (Å²) in [5.74, 6) is 0. The monoisotopic (exact) mass is 381 g/mol. The number of benzene rings is 1. The Kier molecular flexibility index (Phi) is 4.93. The fourth-order valence-corrected chi connectivity index (χ4v) is 5.93. The first-order chi connectivity index (χ1) is 11.2. The summed E-state index contributed by atoms with van der Waals surface area (Å²) in [6.07, 6.45) is 1.87. The van der Waals surface area contributed by atoms with Gasteiger partial charge in [0.2, 0.25) is 0 Å². The zero-order valence-electron chi connectivity index (χ0n) is 15.7. The molecule has 8 heteroatoms. The number of rotatable bonds is 4. The molecule has 1 aromatic heterocycles. The summed E-state index contributed by atoms with van der Waals surface area (Å²) in [5.41, 5.74) is 9.33. The molecule has 0 atom stereocenters. The average Bonchev–Trinajstić information content (AvgIpc) is 2.86. The Morgan fingerprint density at radius 2 is 1.88 bits per heavy atom. The molecular formula is C17H27N3O3SSi. The van der Waals surface area contributed by atoms with Gasteiger partial charge in [-0.1, -0.05) is 46.0 Å². The molecule has 0 amide bonds. The lowest BCUT2D eigenvalue weighted by molar-refractivity contribution is 0.472. The van der Waals surface area contributed by atoms with E-state index in [1.165, 1.54) is 0 Å². The molecule has 138 valence electrons. The molecule has 0 aliphatic heterocycles. The van der Waals surface area contributed by atoms with Gasteiger partial charge in [-0.05, 0) is 29.2 Å². The summed E-state index contributed by atoms with van der Waals surface area (Å²) in [6, 6.07) is 5.62. The van der Waals surface area contributed by atoms with Crippen LogP contribution in [0.25, 0.3) is 0 Å². The second kappa shape index (κ2) is 6.26. The zero-order valence-corrected chi connectivity index (χ0v) is 17.5. The van der Waals surface area contributed by atoms with Crippen LogP contribution in [0.5, 0.6) is 0 Å². The van der Waals surface area contributed by atoms with Crippen molar-refractivity contribution in [3.63, 3.8) is 0 Å². The van der Waals surface area contributed by atoms with E-state index in [1.807, 2.05) is 25.1 Å². The van der Waals surface area contributed by atoms with Crippen LogP contribution in [0.1, 0.15) is 37.6 Å². The molecule has 0 fully saturated rings. The molecule has 2 rings (SSSR count). The Morgan fingerprint density at radius 3 is 2.36 bits per heavy atom. The Bertz CT molecular complexity index is 896. The summed E-state index contributed by atoms with van der Waals surface area (Å²) >= 11 is 0. The number of nitrogen functional groups attached to an aromatic ring is 1. The highest BCUT2D eigenvalue weighted by atomic mass is 32.2. The van der Waals surface area contributed by atoms with Gasteiger partial charge in [0.25, 0.3) is 0 Å². The second-order valence-electron chi connectivity index (χ2n) is 8.06. The fraction of sp³-hybridized carbons (Fsp3) is 0.471. The highest BCUT2D eigenvalue weighted by molar-refractivity contribution is 7.84. The normalized spacial score (nSPS) is 13.2. The van der Waals surface area contributed by atoms with Crippen molar-refractivity contribution < 1.29 is 13.0 Å². The number of aryl methyl sites for hydroxylation is 1. The average molecular weight is 382 g/mol. The van der Waals surface area contributed by atoms with Gasteiger partial charge in [0.1, 0.15) is 13.5 Å².